The topological polar surface area (TPSA) is 63.6 Å². The maximum Gasteiger partial charge on any atom is 0.303 e. The molecule has 4 rings (SSSR count). The van der Waals surface area contributed by atoms with Crippen molar-refractivity contribution in [3.63, 3.8) is 0 Å². The number of aliphatic hydroxyl groups excluding tert-OH is 1. The molecule has 0 aliphatic heterocycles. The number of rotatable bonds is 3. The number of Topliss-reactive ketones (excluding diaryl/α,β-unsaturated/α-hetero) is 1. The van der Waals surface area contributed by atoms with Crippen LogP contribution in [0.1, 0.15) is 78.6 Å². The minimum Gasteiger partial charge on any atom is -0.458 e. The standard InChI is InChI=1S/C23H36O4/c1-14(24)27-13-21(26)20-7-6-18-17-5-4-15-12-16(25)8-10-22(15,2)19(17)9-11-23(18,20)3/h15-20,25H,4-13H2,1-3H3/t15-,16-,17+,18+,19+,20-,22-,23+/m0/s1. The molecular weight excluding hydrogens is 340 g/mol. The van der Waals surface area contributed by atoms with Crippen molar-refractivity contribution in [3.05, 3.63) is 0 Å². The average molecular weight is 377 g/mol. The second kappa shape index (κ2) is 6.86. The summed E-state index contributed by atoms with van der Waals surface area (Å²) in [6, 6.07) is 0. The van der Waals surface area contributed by atoms with Crippen LogP contribution < -0.4 is 0 Å². The zero-order chi connectivity index (χ0) is 19.4. The van der Waals surface area contributed by atoms with Gasteiger partial charge in [0.1, 0.15) is 6.61 Å². The number of hydrogen-bond acceptors (Lipinski definition) is 4. The maximum atomic E-state index is 12.8. The van der Waals surface area contributed by atoms with Crippen LogP contribution in [0.15, 0.2) is 0 Å². The second-order valence-electron chi connectivity index (χ2n) is 10.5. The summed E-state index contributed by atoms with van der Waals surface area (Å²) in [6.07, 6.45) is 9.99. The number of aliphatic hydroxyl groups is 1. The SMILES string of the molecule is CC(=O)OCC(=O)[C@@H]1CC[C@@H]2[C@H]3CC[C@H]4C[C@@H](O)CC[C@]4(C)[C@@H]3CC[C@]21C. The van der Waals surface area contributed by atoms with Gasteiger partial charge in [-0.1, -0.05) is 13.8 Å². The Kier molecular flexibility index (Phi) is 4.93. The minimum atomic E-state index is -0.363. The third-order valence-electron chi connectivity index (χ3n) is 9.44. The third kappa shape index (κ3) is 3.07. The molecule has 0 spiro atoms. The predicted molar refractivity (Wildman–Crippen MR) is 103 cm³/mol. The van der Waals surface area contributed by atoms with Gasteiger partial charge in [-0.3, -0.25) is 9.59 Å². The van der Waals surface area contributed by atoms with Gasteiger partial charge in [0.2, 0.25) is 0 Å². The van der Waals surface area contributed by atoms with Crippen molar-refractivity contribution >= 4 is 11.8 Å². The lowest BCUT2D eigenvalue weighted by atomic mass is 9.44. The zero-order valence-corrected chi connectivity index (χ0v) is 17.2. The van der Waals surface area contributed by atoms with Crippen LogP contribution in [0.3, 0.4) is 0 Å². The summed E-state index contributed by atoms with van der Waals surface area (Å²) in [7, 11) is 0. The summed E-state index contributed by atoms with van der Waals surface area (Å²) in [4.78, 5) is 23.9. The van der Waals surface area contributed by atoms with E-state index in [0.717, 1.165) is 50.4 Å². The molecule has 0 aromatic heterocycles. The molecule has 0 heterocycles. The Labute approximate surface area is 163 Å². The number of fused-ring (bicyclic) bond motifs is 5. The van der Waals surface area contributed by atoms with Gasteiger partial charge >= 0.3 is 5.97 Å². The summed E-state index contributed by atoms with van der Waals surface area (Å²) in [5, 5.41) is 10.2. The highest BCUT2D eigenvalue weighted by Gasteiger charge is 2.61. The van der Waals surface area contributed by atoms with E-state index in [2.05, 4.69) is 13.8 Å². The molecule has 27 heavy (non-hydrogen) atoms. The van der Waals surface area contributed by atoms with E-state index in [1.807, 2.05) is 0 Å². The van der Waals surface area contributed by atoms with Gasteiger partial charge in [0.05, 0.1) is 6.10 Å². The van der Waals surface area contributed by atoms with Gasteiger partial charge < -0.3 is 9.84 Å². The first kappa shape index (κ1) is 19.4. The van der Waals surface area contributed by atoms with Gasteiger partial charge in [-0.2, -0.15) is 0 Å². The number of hydrogen-bond donors (Lipinski definition) is 1. The van der Waals surface area contributed by atoms with Crippen molar-refractivity contribution in [1.29, 1.82) is 0 Å². The number of ketones is 1. The lowest BCUT2D eigenvalue weighted by molar-refractivity contribution is -0.151. The molecule has 4 heteroatoms. The van der Waals surface area contributed by atoms with Crippen molar-refractivity contribution in [2.75, 3.05) is 6.61 Å². The molecule has 8 atom stereocenters. The number of carbonyl (C=O) groups is 2. The Morgan fingerprint density at radius 1 is 0.963 bits per heavy atom. The molecule has 0 unspecified atom stereocenters. The number of carbonyl (C=O) groups excluding carboxylic acids is 2. The van der Waals surface area contributed by atoms with Gasteiger partial charge in [0.25, 0.3) is 0 Å². The molecule has 4 fully saturated rings. The first-order valence-electron chi connectivity index (χ1n) is 11.1. The van der Waals surface area contributed by atoms with Crippen molar-refractivity contribution in [2.24, 2.45) is 40.4 Å². The molecule has 0 amide bonds. The van der Waals surface area contributed by atoms with E-state index < -0.39 is 0 Å². The Bertz CT molecular complexity index is 615. The zero-order valence-electron chi connectivity index (χ0n) is 17.2. The molecule has 4 nitrogen and oxygen atoms in total. The van der Waals surface area contributed by atoms with E-state index in [4.69, 9.17) is 4.74 Å². The van der Waals surface area contributed by atoms with E-state index >= 15 is 0 Å². The quantitative estimate of drug-likeness (QED) is 0.752. The van der Waals surface area contributed by atoms with Crippen LogP contribution in [-0.4, -0.2) is 29.6 Å². The van der Waals surface area contributed by atoms with Crippen molar-refractivity contribution in [2.45, 2.75) is 84.7 Å². The molecule has 152 valence electrons. The van der Waals surface area contributed by atoms with Crippen molar-refractivity contribution in [3.8, 4) is 0 Å². The molecule has 0 radical (unpaired) electrons. The number of esters is 1. The molecule has 0 aromatic rings. The Morgan fingerprint density at radius 3 is 2.41 bits per heavy atom. The Balaban J connectivity index is 1.52. The summed E-state index contributed by atoms with van der Waals surface area (Å²) < 4.78 is 5.03. The molecule has 0 bridgehead atoms. The van der Waals surface area contributed by atoms with Gasteiger partial charge in [-0.25, -0.2) is 0 Å². The third-order valence-corrected chi connectivity index (χ3v) is 9.44. The van der Waals surface area contributed by atoms with Crippen LogP contribution in [0.2, 0.25) is 0 Å². The summed E-state index contributed by atoms with van der Waals surface area (Å²) in [5.74, 6) is 2.62. The highest BCUT2D eigenvalue weighted by atomic mass is 16.5. The van der Waals surface area contributed by atoms with Crippen LogP contribution >= 0.6 is 0 Å². The van der Waals surface area contributed by atoms with E-state index in [0.29, 0.717) is 17.3 Å². The van der Waals surface area contributed by atoms with Gasteiger partial charge in [0, 0.05) is 12.8 Å². The summed E-state index contributed by atoms with van der Waals surface area (Å²) in [6.45, 7) is 6.17. The molecule has 4 aliphatic carbocycles. The van der Waals surface area contributed by atoms with Crippen LogP contribution in [0, 0.1) is 40.4 Å². The average Bonchev–Trinajstić information content (AvgIpc) is 2.97. The Hall–Kier alpha value is -0.900. The van der Waals surface area contributed by atoms with Crippen molar-refractivity contribution in [1.82, 2.24) is 0 Å². The molecule has 0 saturated heterocycles. The van der Waals surface area contributed by atoms with Crippen LogP contribution in [0.4, 0.5) is 0 Å². The molecule has 1 N–H and O–H groups in total. The fraction of sp³-hybridized carbons (Fsp3) is 0.913. The fourth-order valence-corrected chi connectivity index (χ4v) is 8.04. The molecule has 4 aliphatic rings. The van der Waals surface area contributed by atoms with Crippen LogP contribution in [0.5, 0.6) is 0 Å². The predicted octanol–water partition coefficient (Wildman–Crippen LogP) is 4.14. The van der Waals surface area contributed by atoms with E-state index in [9.17, 15) is 14.7 Å². The second-order valence-corrected chi connectivity index (χ2v) is 10.5. The van der Waals surface area contributed by atoms with Crippen LogP contribution in [0.25, 0.3) is 0 Å². The van der Waals surface area contributed by atoms with E-state index in [1.165, 1.54) is 26.2 Å². The Morgan fingerprint density at radius 2 is 1.67 bits per heavy atom. The first-order chi connectivity index (χ1) is 12.8. The monoisotopic (exact) mass is 376 g/mol. The highest BCUT2D eigenvalue weighted by molar-refractivity contribution is 5.85. The smallest absolute Gasteiger partial charge is 0.303 e. The molecular formula is C23H36O4. The van der Waals surface area contributed by atoms with Crippen LogP contribution in [-0.2, 0) is 14.3 Å². The largest absolute Gasteiger partial charge is 0.458 e. The maximum absolute atomic E-state index is 12.8. The lowest BCUT2D eigenvalue weighted by Crippen LogP contribution is -2.54. The van der Waals surface area contributed by atoms with Gasteiger partial charge in [-0.05, 0) is 92.3 Å². The van der Waals surface area contributed by atoms with Crippen molar-refractivity contribution < 1.29 is 19.4 Å². The van der Waals surface area contributed by atoms with Gasteiger partial charge in [0.15, 0.2) is 5.78 Å². The molecule has 4 saturated carbocycles. The fourth-order valence-electron chi connectivity index (χ4n) is 8.04. The normalized spacial score (nSPS) is 48.9. The summed E-state index contributed by atoms with van der Waals surface area (Å²) in [5.41, 5.74) is 0.457. The first-order valence-corrected chi connectivity index (χ1v) is 11.1. The number of ether oxygens (including phenoxy) is 1. The van der Waals surface area contributed by atoms with E-state index in [-0.39, 0.29) is 35.8 Å². The summed E-state index contributed by atoms with van der Waals surface area (Å²) >= 11 is 0. The highest BCUT2D eigenvalue weighted by Crippen LogP contribution is 2.67. The minimum absolute atomic E-state index is 0.0475. The molecule has 0 aromatic carbocycles. The van der Waals surface area contributed by atoms with E-state index in [1.54, 1.807) is 0 Å². The van der Waals surface area contributed by atoms with Gasteiger partial charge in [-0.15, -0.1) is 0 Å². The lowest BCUT2D eigenvalue weighted by Gasteiger charge is -2.60.